The van der Waals surface area contributed by atoms with Crippen molar-refractivity contribution in [3.63, 3.8) is 0 Å². The molecule has 11 heavy (non-hydrogen) atoms. The van der Waals surface area contributed by atoms with Crippen molar-refractivity contribution in [3.05, 3.63) is 0 Å². The van der Waals surface area contributed by atoms with E-state index in [1.165, 1.54) is 37.0 Å². The average molecular weight is 154 g/mol. The van der Waals surface area contributed by atoms with Gasteiger partial charge >= 0.3 is 0 Å². The van der Waals surface area contributed by atoms with E-state index in [1.54, 1.807) is 6.42 Å². The van der Waals surface area contributed by atoms with E-state index < -0.39 is 0 Å². The molecule has 1 heterocycles. The number of fused-ring (bicyclic) bond motifs is 2. The van der Waals surface area contributed by atoms with Gasteiger partial charge in [0.15, 0.2) is 0 Å². The first-order valence-corrected chi connectivity index (χ1v) is 5.16. The van der Waals surface area contributed by atoms with Gasteiger partial charge in [0, 0.05) is 12.3 Å². The van der Waals surface area contributed by atoms with Crippen molar-refractivity contribution in [2.45, 2.75) is 39.2 Å². The molecule has 2 aliphatic rings. The van der Waals surface area contributed by atoms with E-state index in [1.807, 2.05) is 0 Å². The SMILES string of the molecule is CC[N+]1(CC)C[C@@H]2CC[C@H]1C2. The number of piperidine rings is 1. The van der Waals surface area contributed by atoms with E-state index in [0.29, 0.717) is 0 Å². The Morgan fingerprint density at radius 3 is 2.18 bits per heavy atom. The van der Waals surface area contributed by atoms with Crippen LogP contribution in [-0.4, -0.2) is 30.2 Å². The molecule has 0 radical (unpaired) electrons. The summed E-state index contributed by atoms with van der Waals surface area (Å²) in [6.07, 6.45) is 4.60. The van der Waals surface area contributed by atoms with Crippen molar-refractivity contribution in [2.24, 2.45) is 5.92 Å². The molecule has 0 aromatic carbocycles. The maximum absolute atomic E-state index is 2.37. The summed E-state index contributed by atoms with van der Waals surface area (Å²) in [6.45, 7) is 8.97. The lowest BCUT2D eigenvalue weighted by Gasteiger charge is -2.40. The Kier molecular flexibility index (Phi) is 1.71. The van der Waals surface area contributed by atoms with Crippen LogP contribution in [0.1, 0.15) is 33.1 Å². The minimum absolute atomic E-state index is 1.05. The Balaban J connectivity index is 2.14. The van der Waals surface area contributed by atoms with Crippen LogP contribution in [0.4, 0.5) is 0 Å². The number of likely N-dealkylation sites (tertiary alicyclic amines) is 1. The standard InChI is InChI=1S/C10H20N/c1-3-11(4-2)8-9-5-6-10(11)7-9/h9-10H,3-8H2,1-2H3/q+1/t9-,10+/m1/s1. The third kappa shape index (κ3) is 0.936. The second kappa shape index (κ2) is 2.48. The number of hydrogen-bond donors (Lipinski definition) is 0. The topological polar surface area (TPSA) is 0 Å². The molecule has 2 fully saturated rings. The van der Waals surface area contributed by atoms with Crippen LogP contribution in [0.25, 0.3) is 0 Å². The lowest BCUT2D eigenvalue weighted by Crippen LogP contribution is -2.52. The molecular formula is C10H20N+. The lowest BCUT2D eigenvalue weighted by molar-refractivity contribution is -0.940. The van der Waals surface area contributed by atoms with Crippen LogP contribution in [0.2, 0.25) is 0 Å². The molecule has 0 amide bonds. The quantitative estimate of drug-likeness (QED) is 0.534. The molecule has 0 unspecified atom stereocenters. The van der Waals surface area contributed by atoms with Gasteiger partial charge in [0.2, 0.25) is 0 Å². The van der Waals surface area contributed by atoms with Crippen molar-refractivity contribution in [2.75, 3.05) is 19.6 Å². The second-order valence-corrected chi connectivity index (χ2v) is 4.37. The fraction of sp³-hybridized carbons (Fsp3) is 1.00. The van der Waals surface area contributed by atoms with Gasteiger partial charge in [0.05, 0.1) is 25.7 Å². The number of quaternary nitrogens is 1. The Labute approximate surface area is 70.0 Å². The van der Waals surface area contributed by atoms with Crippen LogP contribution >= 0.6 is 0 Å². The van der Waals surface area contributed by atoms with Gasteiger partial charge < -0.3 is 4.48 Å². The highest BCUT2D eigenvalue weighted by Gasteiger charge is 2.48. The maximum Gasteiger partial charge on any atom is 0.0895 e. The molecule has 0 N–H and O–H groups in total. The highest BCUT2D eigenvalue weighted by Crippen LogP contribution is 2.42. The molecule has 1 nitrogen and oxygen atoms in total. The van der Waals surface area contributed by atoms with Crippen molar-refractivity contribution in [3.8, 4) is 0 Å². The van der Waals surface area contributed by atoms with Crippen LogP contribution in [0.5, 0.6) is 0 Å². The highest BCUT2D eigenvalue weighted by molar-refractivity contribution is 4.83. The molecule has 0 aromatic rings. The van der Waals surface area contributed by atoms with E-state index in [-0.39, 0.29) is 0 Å². The van der Waals surface area contributed by atoms with E-state index in [0.717, 1.165) is 12.0 Å². The summed E-state index contributed by atoms with van der Waals surface area (Å²) in [5.41, 5.74) is 0. The Morgan fingerprint density at radius 1 is 1.18 bits per heavy atom. The third-order valence-electron chi connectivity index (χ3n) is 4.17. The molecule has 1 heteroatoms. The van der Waals surface area contributed by atoms with Crippen molar-refractivity contribution in [1.82, 2.24) is 0 Å². The summed E-state index contributed by atoms with van der Waals surface area (Å²) >= 11 is 0. The van der Waals surface area contributed by atoms with E-state index in [2.05, 4.69) is 13.8 Å². The third-order valence-corrected chi connectivity index (χ3v) is 4.17. The zero-order valence-corrected chi connectivity index (χ0v) is 7.84. The Bertz CT molecular complexity index is 149. The predicted molar refractivity (Wildman–Crippen MR) is 47.3 cm³/mol. The van der Waals surface area contributed by atoms with Crippen LogP contribution in [0.3, 0.4) is 0 Å². The van der Waals surface area contributed by atoms with Crippen molar-refractivity contribution < 1.29 is 4.48 Å². The molecular weight excluding hydrogens is 134 g/mol. The van der Waals surface area contributed by atoms with E-state index >= 15 is 0 Å². The smallest absolute Gasteiger partial charge is 0.0895 e. The number of hydrogen-bond acceptors (Lipinski definition) is 0. The number of nitrogens with zero attached hydrogens (tertiary/aromatic N) is 1. The molecule has 1 saturated heterocycles. The van der Waals surface area contributed by atoms with Gasteiger partial charge in [-0.05, 0) is 26.7 Å². The molecule has 0 aromatic heterocycles. The van der Waals surface area contributed by atoms with Crippen LogP contribution in [0, 0.1) is 5.92 Å². The van der Waals surface area contributed by atoms with Gasteiger partial charge in [-0.2, -0.15) is 0 Å². The highest BCUT2D eigenvalue weighted by atomic mass is 15.4. The zero-order valence-electron chi connectivity index (χ0n) is 7.84. The minimum atomic E-state index is 1.05. The predicted octanol–water partition coefficient (Wildman–Crippen LogP) is 2.03. The van der Waals surface area contributed by atoms with Crippen molar-refractivity contribution >= 4 is 0 Å². The summed E-state index contributed by atoms with van der Waals surface area (Å²) in [6, 6.07) is 1.05. The molecule has 1 saturated carbocycles. The van der Waals surface area contributed by atoms with Gasteiger partial charge in [0.1, 0.15) is 0 Å². The monoisotopic (exact) mass is 154 g/mol. The normalized spacial score (nSPS) is 39.8. The minimum Gasteiger partial charge on any atom is -0.321 e. The van der Waals surface area contributed by atoms with Gasteiger partial charge in [-0.1, -0.05) is 0 Å². The molecule has 1 aliphatic heterocycles. The van der Waals surface area contributed by atoms with Gasteiger partial charge in [0.25, 0.3) is 0 Å². The fourth-order valence-corrected chi connectivity index (χ4v) is 3.37. The first-order chi connectivity index (χ1) is 5.30. The van der Waals surface area contributed by atoms with E-state index in [9.17, 15) is 0 Å². The van der Waals surface area contributed by atoms with Gasteiger partial charge in [-0.15, -0.1) is 0 Å². The second-order valence-electron chi connectivity index (χ2n) is 4.37. The summed E-state index contributed by atoms with van der Waals surface area (Å²) in [5.74, 6) is 1.10. The molecule has 2 bridgehead atoms. The van der Waals surface area contributed by atoms with Crippen molar-refractivity contribution in [1.29, 1.82) is 0 Å². The molecule has 2 rings (SSSR count). The largest absolute Gasteiger partial charge is 0.321 e. The lowest BCUT2D eigenvalue weighted by atomic mass is 10.1. The first-order valence-electron chi connectivity index (χ1n) is 5.16. The molecule has 1 aliphatic carbocycles. The van der Waals surface area contributed by atoms with Gasteiger partial charge in [-0.3, -0.25) is 0 Å². The number of rotatable bonds is 2. The van der Waals surface area contributed by atoms with Gasteiger partial charge in [-0.25, -0.2) is 0 Å². The molecule has 0 spiro atoms. The first kappa shape index (κ1) is 7.60. The Hall–Kier alpha value is -0.0400. The zero-order chi connectivity index (χ0) is 7.90. The summed E-state index contributed by atoms with van der Waals surface area (Å²) in [4.78, 5) is 0. The fourth-order valence-electron chi connectivity index (χ4n) is 3.37. The molecule has 2 atom stereocenters. The summed E-state index contributed by atoms with van der Waals surface area (Å²) in [7, 11) is 0. The molecule has 64 valence electrons. The summed E-state index contributed by atoms with van der Waals surface area (Å²) in [5, 5.41) is 0. The summed E-state index contributed by atoms with van der Waals surface area (Å²) < 4.78 is 1.45. The van der Waals surface area contributed by atoms with Crippen LogP contribution in [0.15, 0.2) is 0 Å². The average Bonchev–Trinajstić information content (AvgIpc) is 2.62. The van der Waals surface area contributed by atoms with E-state index in [4.69, 9.17) is 0 Å². The Morgan fingerprint density at radius 2 is 1.91 bits per heavy atom. The van der Waals surface area contributed by atoms with Crippen LogP contribution in [-0.2, 0) is 0 Å². The maximum atomic E-state index is 2.37. The van der Waals surface area contributed by atoms with Crippen LogP contribution < -0.4 is 0 Å².